The van der Waals surface area contributed by atoms with Gasteiger partial charge in [-0.2, -0.15) is 0 Å². The Morgan fingerprint density at radius 3 is 1.00 bits per heavy atom. The molecule has 0 N–H and O–H groups in total. The van der Waals surface area contributed by atoms with Crippen LogP contribution in [0.1, 0.15) is 0 Å². The average Bonchev–Trinajstić information content (AvgIpc) is 1.89. The van der Waals surface area contributed by atoms with E-state index in [2.05, 4.69) is 23.2 Å². The molecule has 0 aromatic heterocycles. The van der Waals surface area contributed by atoms with E-state index in [0.29, 0.717) is 0 Å². The molecule has 0 unspecified atom stereocenters. The Labute approximate surface area is 124 Å². The molecule has 0 spiro atoms. The fourth-order valence-corrected chi connectivity index (χ4v) is 0. The van der Waals surface area contributed by atoms with Crippen molar-refractivity contribution in [1.82, 2.24) is 0 Å². The number of aliphatic carboxylic acids is 2. The molecule has 0 heterocycles. The molecule has 0 aliphatic rings. The number of carbonyl (C=O) groups excluding carboxylic acids is 2. The van der Waals surface area contributed by atoms with Gasteiger partial charge in [0.25, 0.3) is 0 Å². The summed E-state index contributed by atoms with van der Waals surface area (Å²) in [6.45, 7) is 0. The largest absolute Gasteiger partial charge is 1.00 e. The van der Waals surface area contributed by atoms with Crippen molar-refractivity contribution in [3.8, 4) is 0 Å². The van der Waals surface area contributed by atoms with Gasteiger partial charge in [0, 0.05) is 0 Å². The van der Waals surface area contributed by atoms with Gasteiger partial charge in [0.15, 0.2) is 0 Å². The van der Waals surface area contributed by atoms with Crippen LogP contribution in [0.5, 0.6) is 0 Å². The molecule has 0 atom stereocenters. The standard InChI is InChI=1S/2C2H3ClO2.2Na/c2*3-1-2(4)5;;/h2*1H2,(H,4,5);;/q;;2*+1/p-2. The van der Waals surface area contributed by atoms with Crippen LogP contribution < -0.4 is 69.3 Å². The van der Waals surface area contributed by atoms with Gasteiger partial charge in [-0.1, -0.05) is 0 Å². The molecule has 4 nitrogen and oxygen atoms in total. The van der Waals surface area contributed by atoms with Gasteiger partial charge in [0.05, 0.1) is 23.7 Å². The van der Waals surface area contributed by atoms with Gasteiger partial charge >= 0.3 is 59.1 Å². The van der Waals surface area contributed by atoms with Crippen molar-refractivity contribution in [2.24, 2.45) is 0 Å². The van der Waals surface area contributed by atoms with Crippen LogP contribution in [0.15, 0.2) is 0 Å². The molecule has 12 heavy (non-hydrogen) atoms. The molecule has 0 amide bonds. The molecule has 0 aliphatic carbocycles. The first-order valence-corrected chi connectivity index (χ1v) is 3.13. The number of carboxylic acid groups (broad SMARTS) is 2. The summed E-state index contributed by atoms with van der Waals surface area (Å²) in [6.07, 6.45) is 0. The molecule has 0 aromatic carbocycles. The number of halogens is 2. The second-order valence-electron chi connectivity index (χ2n) is 1.01. The maximum atomic E-state index is 9.12. The fraction of sp³-hybridized carbons (Fsp3) is 0.500. The molecule has 0 radical (unpaired) electrons. The molecular formula is C4H4Cl2Na2O4. The maximum absolute atomic E-state index is 9.12. The zero-order valence-electron chi connectivity index (χ0n) is 6.80. The minimum Gasteiger partial charge on any atom is -0.549 e. The zero-order valence-corrected chi connectivity index (χ0v) is 12.3. The summed E-state index contributed by atoms with van der Waals surface area (Å²) in [6, 6.07) is 0. The smallest absolute Gasteiger partial charge is 0.549 e. The number of carbonyl (C=O) groups is 2. The van der Waals surface area contributed by atoms with Crippen molar-refractivity contribution in [3.63, 3.8) is 0 Å². The Morgan fingerprint density at radius 1 is 0.917 bits per heavy atom. The van der Waals surface area contributed by atoms with Crippen LogP contribution >= 0.6 is 23.2 Å². The average molecular weight is 233 g/mol. The van der Waals surface area contributed by atoms with Crippen LogP contribution in [0, 0.1) is 0 Å². The molecule has 0 aliphatic heterocycles. The van der Waals surface area contributed by atoms with E-state index in [1.807, 2.05) is 0 Å². The summed E-state index contributed by atoms with van der Waals surface area (Å²) >= 11 is 9.35. The van der Waals surface area contributed by atoms with E-state index >= 15 is 0 Å². The molecule has 60 valence electrons. The van der Waals surface area contributed by atoms with E-state index in [1.165, 1.54) is 0 Å². The molecule has 0 bridgehead atoms. The monoisotopic (exact) mass is 232 g/mol. The van der Waals surface area contributed by atoms with Crippen molar-refractivity contribution in [1.29, 1.82) is 0 Å². The third-order valence-corrected chi connectivity index (χ3v) is 0.655. The number of carboxylic acids is 2. The van der Waals surface area contributed by atoms with Crippen molar-refractivity contribution >= 4 is 35.1 Å². The van der Waals surface area contributed by atoms with Gasteiger partial charge in [-0.15, -0.1) is 23.2 Å². The minimum absolute atomic E-state index is 0. The summed E-state index contributed by atoms with van der Waals surface area (Å²) in [5.41, 5.74) is 0. The summed E-state index contributed by atoms with van der Waals surface area (Å²) in [4.78, 5) is 18.2. The summed E-state index contributed by atoms with van der Waals surface area (Å²) < 4.78 is 0. The predicted molar refractivity (Wildman–Crippen MR) is 31.5 cm³/mol. The first-order valence-electron chi connectivity index (χ1n) is 2.06. The van der Waals surface area contributed by atoms with Crippen molar-refractivity contribution in [3.05, 3.63) is 0 Å². The van der Waals surface area contributed by atoms with Crippen molar-refractivity contribution in [2.75, 3.05) is 11.8 Å². The van der Waals surface area contributed by atoms with Gasteiger partial charge < -0.3 is 19.8 Å². The number of rotatable bonds is 2. The second kappa shape index (κ2) is 18.3. The van der Waals surface area contributed by atoms with E-state index in [4.69, 9.17) is 19.8 Å². The first-order chi connectivity index (χ1) is 4.54. The molecule has 0 saturated heterocycles. The van der Waals surface area contributed by atoms with Crippen LogP contribution in [-0.2, 0) is 9.59 Å². The van der Waals surface area contributed by atoms with Gasteiger partial charge in [-0.05, 0) is 0 Å². The Morgan fingerprint density at radius 2 is 1.00 bits per heavy atom. The van der Waals surface area contributed by atoms with Gasteiger partial charge in [0.2, 0.25) is 0 Å². The maximum Gasteiger partial charge on any atom is 1.00 e. The van der Waals surface area contributed by atoms with E-state index in [0.717, 1.165) is 0 Å². The number of hydrogen-bond donors (Lipinski definition) is 0. The molecule has 0 saturated carbocycles. The van der Waals surface area contributed by atoms with Crippen LogP contribution in [0.3, 0.4) is 0 Å². The van der Waals surface area contributed by atoms with E-state index in [9.17, 15) is 0 Å². The van der Waals surface area contributed by atoms with Crippen molar-refractivity contribution in [2.45, 2.75) is 0 Å². The summed E-state index contributed by atoms with van der Waals surface area (Å²) in [5.74, 6) is -3.29. The molecule has 0 aromatic rings. The quantitative estimate of drug-likeness (QED) is 0.350. The Kier molecular flexibility index (Phi) is 35.7. The minimum atomic E-state index is -1.23. The zero-order chi connectivity index (χ0) is 8.57. The SMILES string of the molecule is O=C([O-])CCl.O=C([O-])CCl.[Na+].[Na+]. The first kappa shape index (κ1) is 23.4. The van der Waals surface area contributed by atoms with Gasteiger partial charge in [0.1, 0.15) is 0 Å². The van der Waals surface area contributed by atoms with Gasteiger partial charge in [-0.3, -0.25) is 0 Å². The summed E-state index contributed by atoms with van der Waals surface area (Å²) in [7, 11) is 0. The van der Waals surface area contributed by atoms with E-state index < -0.39 is 23.7 Å². The Hall–Kier alpha value is 1.52. The topological polar surface area (TPSA) is 80.3 Å². The molecule has 8 heteroatoms. The summed E-state index contributed by atoms with van der Waals surface area (Å²) in [5, 5.41) is 18.2. The van der Waals surface area contributed by atoms with Crippen LogP contribution in [0.25, 0.3) is 0 Å². The Bertz CT molecular complexity index is 108. The number of alkyl halides is 2. The third-order valence-electron chi connectivity index (χ3n) is 0.218. The van der Waals surface area contributed by atoms with Crippen LogP contribution in [0.2, 0.25) is 0 Å². The van der Waals surface area contributed by atoms with E-state index in [1.54, 1.807) is 0 Å². The Balaban J connectivity index is -0.0000000457. The normalized spacial score (nSPS) is 6.17. The van der Waals surface area contributed by atoms with Crippen LogP contribution in [0.4, 0.5) is 0 Å². The predicted octanol–water partition coefficient (Wildman–Crippen LogP) is -8.04. The van der Waals surface area contributed by atoms with Crippen molar-refractivity contribution < 1.29 is 78.9 Å². The van der Waals surface area contributed by atoms with Crippen LogP contribution in [-0.4, -0.2) is 23.7 Å². The molecule has 0 fully saturated rings. The number of hydrogen-bond acceptors (Lipinski definition) is 4. The second-order valence-corrected chi connectivity index (χ2v) is 1.55. The molecule has 0 rings (SSSR count). The fourth-order valence-electron chi connectivity index (χ4n) is 0. The van der Waals surface area contributed by atoms with Gasteiger partial charge in [-0.25, -0.2) is 0 Å². The van der Waals surface area contributed by atoms with E-state index in [-0.39, 0.29) is 59.1 Å². The molecular weight excluding hydrogens is 229 g/mol. The third kappa shape index (κ3) is 41.8.